The SMILES string of the molecule is [C-]#[N+]C[C@H]1CN(c2nc(OC[C@@H]3CCCN3C)nc3cc(-c4cccc5c4[C@@H]4C[C@@H]4C5)c(F)cc23)CCN1C(=O)C=C. The average molecular weight is 567 g/mol. The van der Waals surface area contributed by atoms with E-state index in [9.17, 15) is 4.79 Å². The van der Waals surface area contributed by atoms with E-state index in [1.54, 1.807) is 11.0 Å². The van der Waals surface area contributed by atoms with Crippen LogP contribution in [0.1, 0.15) is 36.3 Å². The van der Waals surface area contributed by atoms with Crippen LogP contribution in [0.5, 0.6) is 6.01 Å². The van der Waals surface area contributed by atoms with Crippen molar-refractivity contribution in [1.29, 1.82) is 0 Å². The Labute approximate surface area is 245 Å². The second-order valence-electron chi connectivity index (χ2n) is 12.1. The first kappa shape index (κ1) is 26.8. The molecule has 4 aliphatic rings. The summed E-state index contributed by atoms with van der Waals surface area (Å²) in [4.78, 5) is 31.7. The Morgan fingerprint density at radius 1 is 1.21 bits per heavy atom. The van der Waals surface area contributed by atoms with E-state index in [0.29, 0.717) is 66.4 Å². The van der Waals surface area contributed by atoms with Crippen molar-refractivity contribution in [1.82, 2.24) is 19.8 Å². The predicted molar refractivity (Wildman–Crippen MR) is 160 cm³/mol. The van der Waals surface area contributed by atoms with Crippen LogP contribution >= 0.6 is 0 Å². The molecule has 1 aromatic heterocycles. The van der Waals surface area contributed by atoms with Gasteiger partial charge in [0.1, 0.15) is 24.3 Å². The second kappa shape index (κ2) is 10.7. The smallest absolute Gasteiger partial charge is 0.319 e. The zero-order valence-corrected chi connectivity index (χ0v) is 23.9. The third kappa shape index (κ3) is 4.68. The van der Waals surface area contributed by atoms with Crippen LogP contribution in [0.15, 0.2) is 43.0 Å². The van der Waals surface area contributed by atoms with Gasteiger partial charge in [-0.05, 0) is 86.0 Å². The van der Waals surface area contributed by atoms with Gasteiger partial charge in [-0.25, -0.2) is 11.0 Å². The van der Waals surface area contributed by atoms with Crippen molar-refractivity contribution in [2.24, 2.45) is 5.92 Å². The third-order valence-corrected chi connectivity index (χ3v) is 9.62. The summed E-state index contributed by atoms with van der Waals surface area (Å²) in [6, 6.07) is 9.88. The minimum absolute atomic E-state index is 0.163. The molecule has 1 amide bonds. The van der Waals surface area contributed by atoms with Gasteiger partial charge in [0.05, 0.1) is 5.52 Å². The Kier molecular flexibility index (Phi) is 6.82. The normalized spacial score (nSPS) is 24.8. The molecule has 3 heterocycles. The van der Waals surface area contributed by atoms with Gasteiger partial charge in [-0.1, -0.05) is 24.8 Å². The van der Waals surface area contributed by atoms with Crippen LogP contribution in [0.4, 0.5) is 10.2 Å². The van der Waals surface area contributed by atoms with E-state index in [4.69, 9.17) is 21.3 Å². The van der Waals surface area contributed by atoms with Gasteiger partial charge in [0, 0.05) is 36.6 Å². The highest BCUT2D eigenvalue weighted by atomic mass is 19.1. The number of amides is 1. The molecule has 216 valence electrons. The third-order valence-electron chi connectivity index (χ3n) is 9.62. The molecular formula is C33H35FN6O2. The number of likely N-dealkylation sites (tertiary alicyclic amines) is 1. The lowest BCUT2D eigenvalue weighted by Gasteiger charge is -2.39. The minimum atomic E-state index is -0.328. The Morgan fingerprint density at radius 2 is 2.10 bits per heavy atom. The lowest BCUT2D eigenvalue weighted by molar-refractivity contribution is -0.128. The molecule has 3 aromatic rings. The van der Waals surface area contributed by atoms with Crippen LogP contribution in [-0.4, -0.2) is 84.1 Å². The lowest BCUT2D eigenvalue weighted by atomic mass is 9.93. The van der Waals surface area contributed by atoms with Gasteiger partial charge >= 0.3 is 6.01 Å². The van der Waals surface area contributed by atoms with Crippen LogP contribution in [0.25, 0.3) is 26.9 Å². The number of carbonyl (C=O) groups is 1. The van der Waals surface area contributed by atoms with Crippen molar-refractivity contribution in [2.75, 3.05) is 51.3 Å². The predicted octanol–water partition coefficient (Wildman–Crippen LogP) is 4.69. The van der Waals surface area contributed by atoms with Gasteiger partial charge in [0.2, 0.25) is 12.5 Å². The van der Waals surface area contributed by atoms with Crippen LogP contribution < -0.4 is 9.64 Å². The van der Waals surface area contributed by atoms with E-state index in [0.717, 1.165) is 31.4 Å². The number of rotatable bonds is 7. The number of halogens is 1. The van der Waals surface area contributed by atoms with E-state index in [2.05, 4.69) is 29.4 Å². The molecule has 2 aromatic carbocycles. The Bertz CT molecular complexity index is 1620. The van der Waals surface area contributed by atoms with Crippen molar-refractivity contribution in [2.45, 2.75) is 43.7 Å². The molecule has 2 aliphatic heterocycles. The molecule has 0 bridgehead atoms. The Balaban J connectivity index is 1.29. The summed E-state index contributed by atoms with van der Waals surface area (Å²) in [5, 5.41) is 0.600. The number of carbonyl (C=O) groups excluding carboxylic acids is 1. The fourth-order valence-corrected chi connectivity index (χ4v) is 7.27. The molecular weight excluding hydrogens is 531 g/mol. The summed E-state index contributed by atoms with van der Waals surface area (Å²) in [5.74, 6) is 1.31. The van der Waals surface area contributed by atoms with Crippen LogP contribution in [-0.2, 0) is 11.2 Å². The van der Waals surface area contributed by atoms with Crippen LogP contribution in [0, 0.1) is 18.3 Å². The number of hydrogen-bond donors (Lipinski definition) is 0. The summed E-state index contributed by atoms with van der Waals surface area (Å²) in [6.45, 7) is 14.1. The summed E-state index contributed by atoms with van der Waals surface area (Å²) in [6.07, 6.45) is 5.75. The van der Waals surface area contributed by atoms with Crippen molar-refractivity contribution in [3.8, 4) is 17.1 Å². The highest BCUT2D eigenvalue weighted by molar-refractivity contribution is 5.94. The topological polar surface area (TPSA) is 66.2 Å². The van der Waals surface area contributed by atoms with Gasteiger partial charge in [0.15, 0.2) is 0 Å². The van der Waals surface area contributed by atoms with Crippen molar-refractivity contribution >= 4 is 22.6 Å². The number of anilines is 1. The molecule has 3 fully saturated rings. The van der Waals surface area contributed by atoms with E-state index < -0.39 is 0 Å². The van der Waals surface area contributed by atoms with E-state index in [-0.39, 0.29) is 30.3 Å². The van der Waals surface area contributed by atoms with Crippen molar-refractivity contribution < 1.29 is 13.9 Å². The standard InChI is InChI=1S/C33H35FN6O2/c1-4-30(41)40-12-11-39(18-23(40)17-35-2)32-27-15-28(34)26(24-9-5-7-20-13-21-14-25(21)31(20)24)16-29(27)36-33(37-32)42-19-22-8-6-10-38(22)3/h4-5,7,9,15-16,21-23,25H,1,6,8,10-14,17-19H2,3H3/t21-,22-,23-,25+/m0/s1. The maximum absolute atomic E-state index is 16.1. The maximum atomic E-state index is 16.1. The lowest BCUT2D eigenvalue weighted by Crippen LogP contribution is -2.56. The first-order chi connectivity index (χ1) is 20.4. The van der Waals surface area contributed by atoms with E-state index >= 15 is 4.39 Å². The minimum Gasteiger partial charge on any atom is -0.462 e. The van der Waals surface area contributed by atoms with E-state index in [1.165, 1.54) is 23.6 Å². The zero-order chi connectivity index (χ0) is 29.0. The number of ether oxygens (including phenoxy) is 1. The first-order valence-electron chi connectivity index (χ1n) is 14.9. The largest absolute Gasteiger partial charge is 0.462 e. The van der Waals surface area contributed by atoms with Gasteiger partial charge in [-0.15, -0.1) is 0 Å². The number of hydrogen-bond acceptors (Lipinski definition) is 6. The van der Waals surface area contributed by atoms with Crippen molar-refractivity contribution in [3.05, 3.63) is 71.3 Å². The number of piperazine rings is 1. The summed E-state index contributed by atoms with van der Waals surface area (Å²) in [7, 11) is 2.10. The monoisotopic (exact) mass is 566 g/mol. The molecule has 0 N–H and O–H groups in total. The van der Waals surface area contributed by atoms with Crippen LogP contribution in [0.2, 0.25) is 0 Å². The number of benzene rings is 2. The molecule has 0 spiro atoms. The van der Waals surface area contributed by atoms with Gasteiger partial charge in [0.25, 0.3) is 0 Å². The van der Waals surface area contributed by atoms with Gasteiger partial charge in [-0.2, -0.15) is 9.97 Å². The summed E-state index contributed by atoms with van der Waals surface area (Å²) < 4.78 is 22.3. The molecule has 8 nitrogen and oxygen atoms in total. The average Bonchev–Trinajstić information content (AvgIpc) is 3.47. The second-order valence-corrected chi connectivity index (χ2v) is 12.1. The Morgan fingerprint density at radius 3 is 2.88 bits per heavy atom. The van der Waals surface area contributed by atoms with E-state index in [1.807, 2.05) is 23.1 Å². The molecule has 9 heteroatoms. The number of likely N-dealkylation sites (N-methyl/N-ethyl adjacent to an activating group) is 1. The zero-order valence-electron chi connectivity index (χ0n) is 23.9. The molecule has 7 rings (SSSR count). The molecule has 42 heavy (non-hydrogen) atoms. The maximum Gasteiger partial charge on any atom is 0.319 e. The fraction of sp³-hybridized carbons (Fsp3) is 0.455. The molecule has 4 atom stereocenters. The van der Waals surface area contributed by atoms with Crippen LogP contribution in [0.3, 0.4) is 0 Å². The fourth-order valence-electron chi connectivity index (χ4n) is 7.27. The molecule has 0 unspecified atom stereocenters. The highest BCUT2D eigenvalue weighted by Gasteiger charge is 2.46. The van der Waals surface area contributed by atoms with Gasteiger partial charge in [-0.3, -0.25) is 4.79 Å². The molecule has 2 aliphatic carbocycles. The van der Waals surface area contributed by atoms with Gasteiger partial charge < -0.3 is 24.3 Å². The number of fused-ring (bicyclic) bond motifs is 4. The number of aromatic nitrogens is 2. The highest BCUT2D eigenvalue weighted by Crippen LogP contribution is 2.58. The summed E-state index contributed by atoms with van der Waals surface area (Å²) >= 11 is 0. The number of nitrogens with zero attached hydrogens (tertiary/aromatic N) is 6. The van der Waals surface area contributed by atoms with Crippen molar-refractivity contribution in [3.63, 3.8) is 0 Å². The molecule has 0 radical (unpaired) electrons. The first-order valence-corrected chi connectivity index (χ1v) is 14.9. The molecule has 1 saturated carbocycles. The summed E-state index contributed by atoms with van der Waals surface area (Å²) in [5.41, 5.74) is 4.77. The molecule has 2 saturated heterocycles. The quantitative estimate of drug-likeness (QED) is 0.306. The Hall–Kier alpha value is -4.03.